The van der Waals surface area contributed by atoms with Crippen molar-refractivity contribution in [2.45, 2.75) is 51.5 Å². The van der Waals surface area contributed by atoms with Gasteiger partial charge in [-0.3, -0.25) is 4.90 Å². The van der Waals surface area contributed by atoms with E-state index in [1.54, 1.807) is 0 Å². The summed E-state index contributed by atoms with van der Waals surface area (Å²) < 4.78 is 16.6. The molecule has 178 valence electrons. The zero-order valence-electron chi connectivity index (χ0n) is 19.3. The molecule has 4 rings (SSSR count). The maximum absolute atomic E-state index is 10.6. The Morgan fingerprint density at radius 1 is 1.18 bits per heavy atom. The van der Waals surface area contributed by atoms with Gasteiger partial charge in [0.15, 0.2) is 11.5 Å². The smallest absolute Gasteiger partial charge is 0.231 e. The molecule has 1 N–H and O–H groups in total. The molecule has 0 amide bonds. The van der Waals surface area contributed by atoms with Crippen LogP contribution in [0.4, 0.5) is 0 Å². The molecular weight excluding hydrogens is 444 g/mol. The van der Waals surface area contributed by atoms with Gasteiger partial charge in [-0.25, -0.2) is 0 Å². The van der Waals surface area contributed by atoms with Gasteiger partial charge < -0.3 is 24.2 Å². The second-order valence-electron chi connectivity index (χ2n) is 9.40. The van der Waals surface area contributed by atoms with E-state index in [-0.39, 0.29) is 25.1 Å². The maximum Gasteiger partial charge on any atom is 0.231 e. The lowest BCUT2D eigenvalue weighted by Crippen LogP contribution is -2.40. The van der Waals surface area contributed by atoms with Gasteiger partial charge in [0.1, 0.15) is 6.10 Å². The van der Waals surface area contributed by atoms with Crippen LogP contribution in [0.2, 0.25) is 5.02 Å². The Bertz CT molecular complexity index is 991. The molecule has 2 aromatic carbocycles. The summed E-state index contributed by atoms with van der Waals surface area (Å²) in [5.41, 5.74) is 2.51. The molecule has 2 atom stereocenters. The second kappa shape index (κ2) is 10.3. The second-order valence-corrected chi connectivity index (χ2v) is 9.81. The van der Waals surface area contributed by atoms with Gasteiger partial charge >= 0.3 is 0 Å². The molecular formula is C25H31ClN2O5. The standard InChI is InChI=1S/C25H31ClN2O5/c1-25(2,3)32-15-19(29)13-28(12-18-6-4-5-7-21(18)26)14-20-11-22(27-33-20)17-8-9-23-24(10-17)31-16-30-23/h4-10,19-20,29H,11-16H2,1-3H3/t19-,20+/m0/s1. The largest absolute Gasteiger partial charge is 0.454 e. The van der Waals surface area contributed by atoms with E-state index in [1.807, 2.05) is 63.2 Å². The number of aliphatic hydroxyl groups excluding tert-OH is 1. The molecule has 0 aliphatic carbocycles. The molecule has 0 fully saturated rings. The normalized spacial score (nSPS) is 18.4. The van der Waals surface area contributed by atoms with Crippen molar-refractivity contribution in [1.82, 2.24) is 4.90 Å². The van der Waals surface area contributed by atoms with Gasteiger partial charge in [0.25, 0.3) is 0 Å². The van der Waals surface area contributed by atoms with Gasteiger partial charge in [0.2, 0.25) is 6.79 Å². The molecule has 2 heterocycles. The van der Waals surface area contributed by atoms with Gasteiger partial charge in [-0.15, -0.1) is 0 Å². The number of benzene rings is 2. The summed E-state index contributed by atoms with van der Waals surface area (Å²) in [4.78, 5) is 7.90. The molecule has 8 heteroatoms. The Morgan fingerprint density at radius 3 is 2.76 bits per heavy atom. The molecule has 0 aromatic heterocycles. The lowest BCUT2D eigenvalue weighted by atomic mass is 10.0. The number of nitrogens with zero attached hydrogens (tertiary/aromatic N) is 2. The fourth-order valence-corrected chi connectivity index (χ4v) is 4.02. The highest BCUT2D eigenvalue weighted by atomic mass is 35.5. The molecule has 0 radical (unpaired) electrons. The van der Waals surface area contributed by atoms with Crippen LogP contribution < -0.4 is 9.47 Å². The summed E-state index contributed by atoms with van der Waals surface area (Å²) >= 11 is 6.40. The third-order valence-corrected chi connectivity index (χ3v) is 5.80. The van der Waals surface area contributed by atoms with E-state index in [4.69, 9.17) is 30.6 Å². The minimum Gasteiger partial charge on any atom is -0.454 e. The first-order valence-electron chi connectivity index (χ1n) is 11.2. The van der Waals surface area contributed by atoms with Crippen molar-refractivity contribution >= 4 is 17.3 Å². The summed E-state index contributed by atoms with van der Waals surface area (Å²) in [5.74, 6) is 1.47. The molecule has 0 spiro atoms. The zero-order valence-corrected chi connectivity index (χ0v) is 20.0. The predicted octanol–water partition coefficient (Wildman–Crippen LogP) is 4.24. The van der Waals surface area contributed by atoms with E-state index >= 15 is 0 Å². The van der Waals surface area contributed by atoms with Crippen LogP contribution in [0, 0.1) is 0 Å². The number of rotatable bonds is 9. The molecule has 0 bridgehead atoms. The van der Waals surface area contributed by atoms with E-state index in [0.717, 1.165) is 28.3 Å². The number of ether oxygens (including phenoxy) is 3. The van der Waals surface area contributed by atoms with Crippen molar-refractivity contribution in [3.8, 4) is 11.5 Å². The van der Waals surface area contributed by atoms with Crippen LogP contribution in [0.5, 0.6) is 11.5 Å². The van der Waals surface area contributed by atoms with Crippen molar-refractivity contribution in [3.63, 3.8) is 0 Å². The third kappa shape index (κ3) is 6.60. The van der Waals surface area contributed by atoms with Gasteiger partial charge in [-0.2, -0.15) is 0 Å². The quantitative estimate of drug-likeness (QED) is 0.586. The van der Waals surface area contributed by atoms with Crippen LogP contribution in [0.3, 0.4) is 0 Å². The SMILES string of the molecule is CC(C)(C)OC[C@@H](O)CN(Cc1ccccc1Cl)C[C@H]1CC(c2ccc3c(c2)OCO3)=NO1. The lowest BCUT2D eigenvalue weighted by molar-refractivity contribution is -0.0600. The van der Waals surface area contributed by atoms with Crippen LogP contribution in [-0.4, -0.2) is 60.0 Å². The fourth-order valence-electron chi connectivity index (χ4n) is 3.83. The molecule has 0 saturated heterocycles. The van der Waals surface area contributed by atoms with Gasteiger partial charge in [-0.1, -0.05) is 35.0 Å². The highest BCUT2D eigenvalue weighted by Gasteiger charge is 2.27. The molecule has 7 nitrogen and oxygen atoms in total. The Labute approximate surface area is 199 Å². The molecule has 2 aliphatic heterocycles. The summed E-state index contributed by atoms with van der Waals surface area (Å²) in [6.45, 7) is 8.03. The Hall–Kier alpha value is -2.32. The average molecular weight is 475 g/mol. The molecule has 0 unspecified atom stereocenters. The van der Waals surface area contributed by atoms with Crippen molar-refractivity contribution < 1.29 is 24.2 Å². The lowest BCUT2D eigenvalue weighted by Gasteiger charge is -2.29. The van der Waals surface area contributed by atoms with E-state index in [0.29, 0.717) is 31.1 Å². The summed E-state index contributed by atoms with van der Waals surface area (Å²) in [6, 6.07) is 13.5. The molecule has 2 aromatic rings. The zero-order chi connectivity index (χ0) is 23.4. The van der Waals surface area contributed by atoms with E-state index < -0.39 is 6.10 Å². The Balaban J connectivity index is 1.40. The molecule has 2 aliphatic rings. The van der Waals surface area contributed by atoms with Crippen molar-refractivity contribution in [3.05, 3.63) is 58.6 Å². The number of hydrogen-bond donors (Lipinski definition) is 1. The number of aliphatic hydroxyl groups is 1. The number of halogens is 1. The minimum absolute atomic E-state index is 0.136. The fraction of sp³-hybridized carbons (Fsp3) is 0.480. The number of hydrogen-bond acceptors (Lipinski definition) is 7. The first kappa shape index (κ1) is 23.8. The van der Waals surface area contributed by atoms with Crippen molar-refractivity contribution in [2.75, 3.05) is 26.5 Å². The van der Waals surface area contributed by atoms with E-state index in [9.17, 15) is 5.11 Å². The third-order valence-electron chi connectivity index (χ3n) is 5.43. The van der Waals surface area contributed by atoms with Crippen molar-refractivity contribution in [2.24, 2.45) is 5.16 Å². The monoisotopic (exact) mass is 474 g/mol. The van der Waals surface area contributed by atoms with Gasteiger partial charge in [-0.05, 0) is 50.6 Å². The van der Waals surface area contributed by atoms with Crippen molar-refractivity contribution in [1.29, 1.82) is 0 Å². The summed E-state index contributed by atoms with van der Waals surface area (Å²) in [7, 11) is 0. The highest BCUT2D eigenvalue weighted by Crippen LogP contribution is 2.33. The van der Waals surface area contributed by atoms with E-state index in [1.165, 1.54) is 0 Å². The molecule has 33 heavy (non-hydrogen) atoms. The molecule has 0 saturated carbocycles. The summed E-state index contributed by atoms with van der Waals surface area (Å²) in [6.07, 6.45) is -0.112. The minimum atomic E-state index is -0.637. The first-order valence-corrected chi connectivity index (χ1v) is 11.5. The van der Waals surface area contributed by atoms with Crippen LogP contribution in [0.25, 0.3) is 0 Å². The van der Waals surface area contributed by atoms with E-state index in [2.05, 4.69) is 10.1 Å². The highest BCUT2D eigenvalue weighted by molar-refractivity contribution is 6.31. The maximum atomic E-state index is 10.6. The summed E-state index contributed by atoms with van der Waals surface area (Å²) in [5, 5.41) is 15.6. The van der Waals surface area contributed by atoms with Crippen LogP contribution in [0.1, 0.15) is 38.3 Å². The van der Waals surface area contributed by atoms with Gasteiger partial charge in [0, 0.05) is 36.6 Å². The topological polar surface area (TPSA) is 72.8 Å². The van der Waals surface area contributed by atoms with Crippen LogP contribution in [0.15, 0.2) is 47.6 Å². The first-order chi connectivity index (χ1) is 15.8. The Morgan fingerprint density at radius 2 is 1.97 bits per heavy atom. The number of oxime groups is 1. The van der Waals surface area contributed by atoms with Gasteiger partial charge in [0.05, 0.1) is 24.0 Å². The van der Waals surface area contributed by atoms with Crippen LogP contribution >= 0.6 is 11.6 Å². The Kier molecular flexibility index (Phi) is 7.44. The predicted molar refractivity (Wildman–Crippen MR) is 127 cm³/mol. The average Bonchev–Trinajstić information content (AvgIpc) is 3.42. The van der Waals surface area contributed by atoms with Crippen LogP contribution in [-0.2, 0) is 16.1 Å². The number of fused-ring (bicyclic) bond motifs is 1.